The minimum Gasteiger partial charge on any atom is -1.00 e. The largest absolute Gasteiger partial charge is 1.00 e. The fraction of sp³-hybridized carbons (Fsp3) is 0.500. The third-order valence-corrected chi connectivity index (χ3v) is 0.556. The van der Waals surface area contributed by atoms with Crippen molar-refractivity contribution in [2.24, 2.45) is 0 Å². The molecule has 0 radical (unpaired) electrons. The summed E-state index contributed by atoms with van der Waals surface area (Å²) in [7, 11) is 0. The summed E-state index contributed by atoms with van der Waals surface area (Å²) in [5, 5.41) is 0. The topological polar surface area (TPSA) is 66.4 Å². The molecule has 0 heterocycles. The summed E-state index contributed by atoms with van der Waals surface area (Å²) in [4.78, 5) is 9.64. The van der Waals surface area contributed by atoms with Crippen LogP contribution in [0.1, 0.15) is 9.78 Å². The summed E-state index contributed by atoms with van der Waals surface area (Å²) in [5.74, 6) is -0.826. The van der Waals surface area contributed by atoms with E-state index in [0.717, 1.165) is 6.92 Å². The normalized spacial score (nSPS) is 10.0. The van der Waals surface area contributed by atoms with Crippen LogP contribution in [0.3, 0.4) is 0 Å². The van der Waals surface area contributed by atoms with E-state index in [1.807, 2.05) is 0 Å². The summed E-state index contributed by atoms with van der Waals surface area (Å²) in [6.45, 7) is 1.01. The molecule has 0 amide bonds. The van der Waals surface area contributed by atoms with Crippen LogP contribution in [-0.2, 0) is 20.3 Å². The number of hydrogen-bond donors (Lipinski definition) is 0. The average Bonchev–Trinajstić information content (AvgIpc) is 1.27. The van der Waals surface area contributed by atoms with Crippen LogP contribution in [0.5, 0.6) is 0 Å². The Balaban J connectivity index is -0.0000000300. The van der Waals surface area contributed by atoms with Gasteiger partial charge in [0.2, 0.25) is 0 Å². The van der Waals surface area contributed by atoms with Crippen LogP contribution in [0.15, 0.2) is 0 Å². The van der Waals surface area contributed by atoms with Crippen LogP contribution in [0.2, 0.25) is 0 Å². The Bertz CT molecular complexity index is 100. The molecule has 0 saturated carbocycles. The molecular formula is C2H5Na2O4S-. The molecule has 1 unspecified atom stereocenters. The first-order valence-electron chi connectivity index (χ1n) is 1.41. The van der Waals surface area contributed by atoms with Crippen LogP contribution < -0.4 is 59.1 Å². The predicted octanol–water partition coefficient (Wildman–Crippen LogP) is -6.42. The van der Waals surface area contributed by atoms with Gasteiger partial charge in [0.25, 0.3) is 0 Å². The molecule has 7 heteroatoms. The standard InChI is InChI=1S/C2H4O4S.2Na.2H/c1-2(3)6-7(4)5;;;;/h1H3,(H,4,5);;;;/q;2*+1;2*-1/p-1. The van der Waals surface area contributed by atoms with Gasteiger partial charge in [0.05, 0.1) is 0 Å². The van der Waals surface area contributed by atoms with Gasteiger partial charge in [-0.2, -0.15) is 0 Å². The first-order chi connectivity index (χ1) is 3.13. The maximum Gasteiger partial charge on any atom is 1.00 e. The number of hydrogen-bond acceptors (Lipinski definition) is 4. The second kappa shape index (κ2) is 9.58. The summed E-state index contributed by atoms with van der Waals surface area (Å²) in [5.41, 5.74) is 0. The molecule has 0 fully saturated rings. The second-order valence-electron chi connectivity index (χ2n) is 0.779. The molecule has 4 nitrogen and oxygen atoms in total. The van der Waals surface area contributed by atoms with E-state index in [2.05, 4.69) is 4.18 Å². The molecule has 0 aromatic carbocycles. The molecule has 9 heavy (non-hydrogen) atoms. The van der Waals surface area contributed by atoms with Gasteiger partial charge in [0.1, 0.15) is 11.4 Å². The molecule has 0 bridgehead atoms. The van der Waals surface area contributed by atoms with Crippen LogP contribution in [-0.4, -0.2) is 14.7 Å². The molecule has 1 atom stereocenters. The molecule has 0 aromatic heterocycles. The Morgan fingerprint density at radius 2 is 2.00 bits per heavy atom. The summed E-state index contributed by atoms with van der Waals surface area (Å²) < 4.78 is 22.3. The third kappa shape index (κ3) is 17.7. The minimum atomic E-state index is -2.70. The maximum atomic E-state index is 9.64. The van der Waals surface area contributed by atoms with Gasteiger partial charge in [-0.15, -0.1) is 0 Å². The maximum absolute atomic E-state index is 9.64. The molecule has 0 aromatic rings. The Morgan fingerprint density at radius 1 is 1.67 bits per heavy atom. The van der Waals surface area contributed by atoms with Crippen molar-refractivity contribution in [1.29, 1.82) is 0 Å². The zero-order chi connectivity index (χ0) is 5.86. The zero-order valence-electron chi connectivity index (χ0n) is 7.54. The quantitative estimate of drug-likeness (QED) is 0.290. The van der Waals surface area contributed by atoms with E-state index in [9.17, 15) is 13.6 Å². The van der Waals surface area contributed by atoms with Crippen LogP contribution in [0.25, 0.3) is 0 Å². The SMILES string of the molecule is CC(=O)OS(=O)[O-].[H-].[H-].[Na+].[Na+]. The summed E-state index contributed by atoms with van der Waals surface area (Å²) in [6.07, 6.45) is 0. The van der Waals surface area contributed by atoms with Gasteiger partial charge in [0, 0.05) is 6.92 Å². The monoisotopic (exact) mass is 171 g/mol. The van der Waals surface area contributed by atoms with E-state index in [4.69, 9.17) is 0 Å². The van der Waals surface area contributed by atoms with E-state index in [0.29, 0.717) is 0 Å². The minimum absolute atomic E-state index is 0. The second-order valence-corrected chi connectivity index (χ2v) is 1.35. The molecule has 46 valence electrons. The summed E-state index contributed by atoms with van der Waals surface area (Å²) in [6, 6.07) is 0. The molecule has 0 aliphatic rings. The Labute approximate surface area is 103 Å². The van der Waals surface area contributed by atoms with Crippen LogP contribution in [0, 0.1) is 0 Å². The van der Waals surface area contributed by atoms with Crippen molar-refractivity contribution in [2.45, 2.75) is 6.92 Å². The Hall–Kier alpha value is 1.58. The number of carbonyl (C=O) groups excluding carboxylic acids is 1. The van der Waals surface area contributed by atoms with E-state index in [1.165, 1.54) is 0 Å². The van der Waals surface area contributed by atoms with Gasteiger partial charge in [0.15, 0.2) is 0 Å². The smallest absolute Gasteiger partial charge is 1.00 e. The van der Waals surface area contributed by atoms with E-state index in [1.54, 1.807) is 0 Å². The first kappa shape index (κ1) is 16.9. The fourth-order valence-corrected chi connectivity index (χ4v) is 0.287. The van der Waals surface area contributed by atoms with Gasteiger partial charge in [-0.3, -0.25) is 4.79 Å². The molecule has 0 spiro atoms. The van der Waals surface area contributed by atoms with Crippen molar-refractivity contribution in [3.8, 4) is 0 Å². The first-order valence-corrected chi connectivity index (χ1v) is 2.41. The Morgan fingerprint density at radius 3 is 2.00 bits per heavy atom. The van der Waals surface area contributed by atoms with Crippen molar-refractivity contribution in [2.75, 3.05) is 0 Å². The van der Waals surface area contributed by atoms with Crippen LogP contribution in [0.4, 0.5) is 0 Å². The van der Waals surface area contributed by atoms with Crippen LogP contribution >= 0.6 is 0 Å². The molecule has 0 aliphatic heterocycles. The predicted molar refractivity (Wildman–Crippen MR) is 22.9 cm³/mol. The number of carbonyl (C=O) groups is 1. The zero-order valence-corrected chi connectivity index (χ0v) is 10.4. The third-order valence-electron chi connectivity index (χ3n) is 0.185. The molecular weight excluding hydrogens is 166 g/mol. The van der Waals surface area contributed by atoms with E-state index < -0.39 is 17.3 Å². The van der Waals surface area contributed by atoms with Gasteiger partial charge < -0.3 is 11.6 Å². The molecule has 0 aliphatic carbocycles. The van der Waals surface area contributed by atoms with Gasteiger partial charge in [-0.05, 0) is 0 Å². The van der Waals surface area contributed by atoms with Crippen molar-refractivity contribution < 1.29 is 79.7 Å². The van der Waals surface area contributed by atoms with Gasteiger partial charge in [-0.1, -0.05) is 0 Å². The van der Waals surface area contributed by atoms with Crippen molar-refractivity contribution in [1.82, 2.24) is 0 Å². The van der Waals surface area contributed by atoms with Gasteiger partial charge >= 0.3 is 65.1 Å². The van der Waals surface area contributed by atoms with E-state index in [-0.39, 0.29) is 62.0 Å². The van der Waals surface area contributed by atoms with Crippen molar-refractivity contribution >= 4 is 17.3 Å². The Kier molecular flexibility index (Phi) is 18.0. The average molecular weight is 171 g/mol. The van der Waals surface area contributed by atoms with Crippen molar-refractivity contribution in [3.05, 3.63) is 0 Å². The fourth-order valence-electron chi connectivity index (χ4n) is 0.0958. The molecule has 0 saturated heterocycles. The van der Waals surface area contributed by atoms with Gasteiger partial charge in [-0.25, -0.2) is 4.21 Å². The summed E-state index contributed by atoms with van der Waals surface area (Å²) >= 11 is -2.70. The molecule has 0 rings (SSSR count). The molecule has 0 N–H and O–H groups in total. The van der Waals surface area contributed by atoms with E-state index >= 15 is 0 Å². The number of rotatable bonds is 1. The van der Waals surface area contributed by atoms with Crippen molar-refractivity contribution in [3.63, 3.8) is 0 Å².